The Hall–Kier alpha value is -3.09. The third kappa shape index (κ3) is 3.09. The SMILES string of the molecule is Cc1nc2cc(C(C)(C)C)nn2c(N2CCN(c3nc4ccccc4o3)CC2)c1C. The summed E-state index contributed by atoms with van der Waals surface area (Å²) in [5, 5.41) is 4.94. The van der Waals surface area contributed by atoms with Crippen LogP contribution in [0.15, 0.2) is 34.7 Å². The highest BCUT2D eigenvalue weighted by atomic mass is 16.4. The molecule has 4 heterocycles. The molecule has 0 bridgehead atoms. The summed E-state index contributed by atoms with van der Waals surface area (Å²) in [5.74, 6) is 1.14. The highest BCUT2D eigenvalue weighted by Gasteiger charge is 2.26. The minimum atomic E-state index is -0.0154. The van der Waals surface area contributed by atoms with Gasteiger partial charge >= 0.3 is 0 Å². The van der Waals surface area contributed by atoms with E-state index in [0.29, 0.717) is 6.01 Å². The van der Waals surface area contributed by atoms with Gasteiger partial charge in [0.25, 0.3) is 6.01 Å². The molecule has 1 aromatic carbocycles. The number of oxazole rings is 1. The van der Waals surface area contributed by atoms with E-state index in [1.165, 1.54) is 5.56 Å². The highest BCUT2D eigenvalue weighted by Crippen LogP contribution is 2.29. The number of fused-ring (bicyclic) bond motifs is 2. The number of rotatable bonds is 2. The molecule has 1 aliphatic heterocycles. The molecule has 0 spiro atoms. The maximum Gasteiger partial charge on any atom is 0.298 e. The Morgan fingerprint density at radius 2 is 1.63 bits per heavy atom. The Bertz CT molecular complexity index is 1190. The van der Waals surface area contributed by atoms with Crippen LogP contribution in [0.5, 0.6) is 0 Å². The number of benzene rings is 1. The molecule has 7 heteroatoms. The van der Waals surface area contributed by atoms with Crippen molar-refractivity contribution >= 4 is 28.6 Å². The lowest BCUT2D eigenvalue weighted by Gasteiger charge is -2.36. The van der Waals surface area contributed by atoms with Gasteiger partial charge in [0.05, 0.1) is 5.69 Å². The van der Waals surface area contributed by atoms with Crippen molar-refractivity contribution in [2.24, 2.45) is 0 Å². The Labute approximate surface area is 176 Å². The first-order valence-corrected chi connectivity index (χ1v) is 10.5. The summed E-state index contributed by atoms with van der Waals surface area (Å²) in [6, 6.07) is 10.7. The zero-order chi connectivity index (χ0) is 21.0. The lowest BCUT2D eigenvalue weighted by molar-refractivity contribution is 0.536. The number of para-hydroxylation sites is 2. The molecule has 156 valence electrons. The Morgan fingerprint density at radius 1 is 0.933 bits per heavy atom. The van der Waals surface area contributed by atoms with Crippen LogP contribution in [-0.4, -0.2) is 45.8 Å². The lowest BCUT2D eigenvalue weighted by Crippen LogP contribution is -2.47. The number of aryl methyl sites for hydroxylation is 1. The standard InChI is InChI=1S/C23H28N6O/c1-15-16(2)24-20-14-19(23(3,4)5)26-29(20)21(15)27-10-12-28(13-11-27)22-25-17-8-6-7-9-18(17)30-22/h6-9,14H,10-13H2,1-5H3. The second-order valence-corrected chi connectivity index (χ2v) is 9.13. The van der Waals surface area contributed by atoms with E-state index in [1.54, 1.807) is 0 Å². The summed E-state index contributed by atoms with van der Waals surface area (Å²) in [5.41, 5.74) is 5.94. The molecule has 4 aromatic rings. The molecule has 0 atom stereocenters. The third-order valence-corrected chi connectivity index (χ3v) is 5.95. The smallest absolute Gasteiger partial charge is 0.298 e. The van der Waals surface area contributed by atoms with Gasteiger partial charge in [-0.15, -0.1) is 0 Å². The van der Waals surface area contributed by atoms with Crippen LogP contribution in [0.2, 0.25) is 0 Å². The average Bonchev–Trinajstić information content (AvgIpc) is 3.33. The zero-order valence-electron chi connectivity index (χ0n) is 18.3. The molecule has 30 heavy (non-hydrogen) atoms. The van der Waals surface area contributed by atoms with Gasteiger partial charge in [-0.1, -0.05) is 32.9 Å². The molecular weight excluding hydrogens is 376 g/mol. The molecular formula is C23H28N6O. The van der Waals surface area contributed by atoms with Gasteiger partial charge in [0.2, 0.25) is 0 Å². The van der Waals surface area contributed by atoms with Gasteiger partial charge in [0.15, 0.2) is 11.2 Å². The molecule has 0 radical (unpaired) electrons. The fourth-order valence-electron chi connectivity index (χ4n) is 4.03. The van der Waals surface area contributed by atoms with Crippen molar-refractivity contribution in [1.82, 2.24) is 19.6 Å². The second-order valence-electron chi connectivity index (χ2n) is 9.13. The molecule has 7 nitrogen and oxygen atoms in total. The molecule has 0 saturated carbocycles. The number of anilines is 2. The second kappa shape index (κ2) is 6.72. The summed E-state index contributed by atoms with van der Waals surface area (Å²) in [4.78, 5) is 14.1. The minimum absolute atomic E-state index is 0.0154. The molecule has 0 N–H and O–H groups in total. The van der Waals surface area contributed by atoms with Crippen molar-refractivity contribution in [3.8, 4) is 0 Å². The first kappa shape index (κ1) is 18.9. The fraction of sp³-hybridized carbons (Fsp3) is 0.435. The van der Waals surface area contributed by atoms with Crippen molar-refractivity contribution in [2.45, 2.75) is 40.0 Å². The highest BCUT2D eigenvalue weighted by molar-refractivity contribution is 5.74. The molecule has 0 unspecified atom stereocenters. The number of aromatic nitrogens is 4. The molecule has 1 aliphatic rings. The third-order valence-electron chi connectivity index (χ3n) is 5.95. The molecule has 1 fully saturated rings. The quantitative estimate of drug-likeness (QED) is 0.501. The van der Waals surface area contributed by atoms with Crippen molar-refractivity contribution < 1.29 is 4.42 Å². The van der Waals surface area contributed by atoms with Gasteiger partial charge in [0.1, 0.15) is 11.3 Å². The topological polar surface area (TPSA) is 62.7 Å². The summed E-state index contributed by atoms with van der Waals surface area (Å²) >= 11 is 0. The zero-order valence-corrected chi connectivity index (χ0v) is 18.3. The molecule has 1 saturated heterocycles. The van der Waals surface area contributed by atoms with Crippen LogP contribution in [0.25, 0.3) is 16.7 Å². The van der Waals surface area contributed by atoms with E-state index in [-0.39, 0.29) is 5.41 Å². The molecule has 0 aliphatic carbocycles. The van der Waals surface area contributed by atoms with Crippen LogP contribution in [0.1, 0.15) is 37.7 Å². The van der Waals surface area contributed by atoms with Gasteiger partial charge < -0.3 is 14.2 Å². The van der Waals surface area contributed by atoms with Gasteiger partial charge in [-0.05, 0) is 26.0 Å². The monoisotopic (exact) mass is 404 g/mol. The molecule has 0 amide bonds. The fourth-order valence-corrected chi connectivity index (χ4v) is 4.03. The maximum absolute atomic E-state index is 5.97. The normalized spacial score (nSPS) is 15.5. The Kier molecular flexibility index (Phi) is 4.24. The van der Waals surface area contributed by atoms with Crippen LogP contribution in [0.3, 0.4) is 0 Å². The first-order chi connectivity index (χ1) is 14.3. The number of piperazine rings is 1. The van der Waals surface area contributed by atoms with Crippen LogP contribution in [0, 0.1) is 13.8 Å². The lowest BCUT2D eigenvalue weighted by atomic mass is 9.93. The van der Waals surface area contributed by atoms with Crippen molar-refractivity contribution in [2.75, 3.05) is 36.0 Å². The van der Waals surface area contributed by atoms with E-state index < -0.39 is 0 Å². The van der Waals surface area contributed by atoms with E-state index >= 15 is 0 Å². The van der Waals surface area contributed by atoms with E-state index in [2.05, 4.69) is 55.5 Å². The van der Waals surface area contributed by atoms with Crippen molar-refractivity contribution in [3.63, 3.8) is 0 Å². The Balaban J connectivity index is 1.45. The number of hydrogen-bond donors (Lipinski definition) is 0. The molecule has 3 aromatic heterocycles. The van der Waals surface area contributed by atoms with Gasteiger partial charge in [0, 0.05) is 48.9 Å². The predicted octanol–water partition coefficient (Wildman–Crippen LogP) is 4.11. The Morgan fingerprint density at radius 3 is 2.33 bits per heavy atom. The summed E-state index contributed by atoms with van der Waals surface area (Å²) < 4.78 is 8.00. The van der Waals surface area contributed by atoms with Crippen LogP contribution >= 0.6 is 0 Å². The van der Waals surface area contributed by atoms with Gasteiger partial charge in [-0.3, -0.25) is 0 Å². The number of hydrogen-bond acceptors (Lipinski definition) is 6. The summed E-state index contributed by atoms with van der Waals surface area (Å²) in [6.45, 7) is 14.2. The average molecular weight is 405 g/mol. The van der Waals surface area contributed by atoms with E-state index in [0.717, 1.165) is 60.1 Å². The van der Waals surface area contributed by atoms with Crippen LogP contribution in [-0.2, 0) is 5.41 Å². The molecule has 5 rings (SSSR count). The summed E-state index contributed by atoms with van der Waals surface area (Å²) in [6.07, 6.45) is 0. The van der Waals surface area contributed by atoms with Gasteiger partial charge in [-0.2, -0.15) is 14.6 Å². The maximum atomic E-state index is 5.97. The van der Waals surface area contributed by atoms with E-state index in [9.17, 15) is 0 Å². The summed E-state index contributed by atoms with van der Waals surface area (Å²) in [7, 11) is 0. The largest absolute Gasteiger partial charge is 0.423 e. The van der Waals surface area contributed by atoms with E-state index in [4.69, 9.17) is 14.5 Å². The first-order valence-electron chi connectivity index (χ1n) is 10.5. The van der Waals surface area contributed by atoms with E-state index in [1.807, 2.05) is 28.8 Å². The predicted molar refractivity (Wildman–Crippen MR) is 120 cm³/mol. The van der Waals surface area contributed by atoms with Gasteiger partial charge in [-0.25, -0.2) is 4.98 Å². The number of nitrogens with zero attached hydrogens (tertiary/aromatic N) is 6. The van der Waals surface area contributed by atoms with Crippen LogP contribution in [0.4, 0.5) is 11.8 Å². The van der Waals surface area contributed by atoms with Crippen molar-refractivity contribution in [3.05, 3.63) is 47.3 Å². The minimum Gasteiger partial charge on any atom is -0.423 e. The van der Waals surface area contributed by atoms with Crippen molar-refractivity contribution in [1.29, 1.82) is 0 Å². The van der Waals surface area contributed by atoms with Crippen LogP contribution < -0.4 is 9.80 Å².